The van der Waals surface area contributed by atoms with Crippen LogP contribution in [0, 0.1) is 6.92 Å². The number of hydrogen-bond donors (Lipinski definition) is 7. The van der Waals surface area contributed by atoms with Gasteiger partial charge in [-0.15, -0.1) is 0 Å². The van der Waals surface area contributed by atoms with Crippen molar-refractivity contribution < 1.29 is 38.6 Å². The van der Waals surface area contributed by atoms with E-state index >= 15 is 0 Å². The molecule has 0 aliphatic rings. The van der Waals surface area contributed by atoms with Crippen molar-refractivity contribution in [2.24, 2.45) is 0 Å². The van der Waals surface area contributed by atoms with E-state index in [4.69, 9.17) is 14.3 Å². The summed E-state index contributed by atoms with van der Waals surface area (Å²) in [4.78, 5) is 97.1. The van der Waals surface area contributed by atoms with Gasteiger partial charge in [0.05, 0.1) is 0 Å². The van der Waals surface area contributed by atoms with Gasteiger partial charge in [0.1, 0.15) is 30.4 Å². The highest BCUT2D eigenvalue weighted by Crippen LogP contribution is 2.28. The Morgan fingerprint density at radius 3 is 1.74 bits per heavy atom. The van der Waals surface area contributed by atoms with E-state index in [-0.39, 0.29) is 30.6 Å². The van der Waals surface area contributed by atoms with Crippen molar-refractivity contribution in [2.75, 3.05) is 0 Å². The van der Waals surface area contributed by atoms with E-state index in [1.165, 1.54) is 37.4 Å². The maximum atomic E-state index is 13.8. The van der Waals surface area contributed by atoms with E-state index in [1.807, 2.05) is 0 Å². The Labute approximate surface area is 287 Å². The SMILES string of the molecule is Cc1cn(CC(=O)NC(Cc2ccccc2)C(=O)NC(Cc2ccccc2)C(=O)NC(Cc2ccc(OP(O)O)cc2)C(=O)O)c(=O)[nH]c1=O. The summed E-state index contributed by atoms with van der Waals surface area (Å²) in [7, 11) is -2.64. The van der Waals surface area contributed by atoms with E-state index in [0.717, 1.165) is 4.57 Å². The topological polar surface area (TPSA) is 229 Å². The molecule has 0 aliphatic heterocycles. The molecule has 0 fully saturated rings. The molecule has 3 amide bonds. The van der Waals surface area contributed by atoms with Crippen LogP contribution in [0.2, 0.25) is 0 Å². The fourth-order valence-electron chi connectivity index (χ4n) is 5.01. The second-order valence-corrected chi connectivity index (χ2v) is 12.0. The second kappa shape index (κ2) is 17.7. The summed E-state index contributed by atoms with van der Waals surface area (Å²) in [5.41, 5.74) is 0.662. The summed E-state index contributed by atoms with van der Waals surface area (Å²) in [6, 6.07) is 19.5. The molecule has 16 heteroatoms. The fourth-order valence-corrected chi connectivity index (χ4v) is 5.32. The minimum atomic E-state index is -2.64. The summed E-state index contributed by atoms with van der Waals surface area (Å²) in [5.74, 6) is -3.42. The molecule has 15 nitrogen and oxygen atoms in total. The minimum absolute atomic E-state index is 0.0137. The number of aryl methyl sites for hydroxylation is 1. The zero-order valence-corrected chi connectivity index (χ0v) is 27.7. The normalized spacial score (nSPS) is 12.7. The minimum Gasteiger partial charge on any atom is -0.480 e. The van der Waals surface area contributed by atoms with Crippen molar-refractivity contribution in [3.05, 3.63) is 134 Å². The highest BCUT2D eigenvalue weighted by Gasteiger charge is 2.30. The van der Waals surface area contributed by atoms with E-state index in [0.29, 0.717) is 16.7 Å². The van der Waals surface area contributed by atoms with Gasteiger partial charge in [0.25, 0.3) is 5.56 Å². The van der Waals surface area contributed by atoms with Crippen molar-refractivity contribution >= 4 is 32.3 Å². The average Bonchev–Trinajstić information content (AvgIpc) is 3.07. The Kier molecular flexibility index (Phi) is 13.1. The molecule has 3 unspecified atom stereocenters. The molecule has 1 aromatic heterocycles. The van der Waals surface area contributed by atoms with Crippen molar-refractivity contribution in [2.45, 2.75) is 50.9 Å². The zero-order valence-electron chi connectivity index (χ0n) is 26.8. The molecule has 0 radical (unpaired) electrons. The van der Waals surface area contributed by atoms with Gasteiger partial charge in [0, 0.05) is 31.0 Å². The van der Waals surface area contributed by atoms with Crippen molar-refractivity contribution in [1.82, 2.24) is 25.5 Å². The summed E-state index contributed by atoms with van der Waals surface area (Å²) >= 11 is 0. The number of carboxylic acids is 1. The van der Waals surface area contributed by atoms with Crippen LogP contribution in [0.25, 0.3) is 0 Å². The molecule has 0 spiro atoms. The third-order valence-corrected chi connectivity index (χ3v) is 7.89. The lowest BCUT2D eigenvalue weighted by atomic mass is 10.0. The summed E-state index contributed by atoms with van der Waals surface area (Å²) in [5, 5.41) is 17.8. The van der Waals surface area contributed by atoms with Gasteiger partial charge < -0.3 is 35.4 Å². The number of aromatic nitrogens is 2. The molecule has 0 aliphatic carbocycles. The number of H-pyrrole nitrogens is 1. The lowest BCUT2D eigenvalue weighted by Gasteiger charge is -2.25. The lowest BCUT2D eigenvalue weighted by molar-refractivity contribution is -0.142. The number of nitrogens with one attached hydrogen (secondary N) is 4. The molecule has 3 atom stereocenters. The highest BCUT2D eigenvalue weighted by atomic mass is 31.2. The molecular weight excluding hydrogens is 669 g/mol. The van der Waals surface area contributed by atoms with Gasteiger partial charge in [-0.3, -0.25) is 28.7 Å². The van der Waals surface area contributed by atoms with Crippen LogP contribution < -0.4 is 31.7 Å². The predicted octanol–water partition coefficient (Wildman–Crippen LogP) is 0.702. The number of carbonyl (C=O) groups excluding carboxylic acids is 3. The van der Waals surface area contributed by atoms with Crippen LogP contribution in [-0.2, 0) is 45.0 Å². The molecule has 0 bridgehead atoms. The third kappa shape index (κ3) is 11.2. The second-order valence-electron chi connectivity index (χ2n) is 11.4. The average molecular weight is 706 g/mol. The maximum absolute atomic E-state index is 13.8. The number of carboxylic acid groups (broad SMARTS) is 1. The predicted molar refractivity (Wildman–Crippen MR) is 182 cm³/mol. The molecule has 0 saturated carbocycles. The van der Waals surface area contributed by atoms with Gasteiger partial charge in [-0.25, -0.2) is 9.59 Å². The van der Waals surface area contributed by atoms with Crippen LogP contribution in [0.3, 0.4) is 0 Å². The van der Waals surface area contributed by atoms with Crippen molar-refractivity contribution in [3.63, 3.8) is 0 Å². The number of nitrogens with zero attached hydrogens (tertiary/aromatic N) is 1. The quantitative estimate of drug-likeness (QED) is 0.0808. The summed E-state index contributed by atoms with van der Waals surface area (Å²) in [6.07, 6.45) is 1.09. The first-order valence-corrected chi connectivity index (χ1v) is 16.5. The Bertz CT molecular complexity index is 1900. The van der Waals surface area contributed by atoms with Crippen LogP contribution in [0.1, 0.15) is 22.3 Å². The molecule has 50 heavy (non-hydrogen) atoms. The Balaban J connectivity index is 1.55. The van der Waals surface area contributed by atoms with E-state index in [9.17, 15) is 33.9 Å². The van der Waals surface area contributed by atoms with Gasteiger partial charge in [-0.05, 0) is 35.7 Å². The van der Waals surface area contributed by atoms with Crippen molar-refractivity contribution in [1.29, 1.82) is 0 Å². The third-order valence-electron chi connectivity index (χ3n) is 7.52. The van der Waals surface area contributed by atoms with Gasteiger partial charge in [-0.1, -0.05) is 72.8 Å². The number of rotatable bonds is 16. The van der Waals surface area contributed by atoms with Crippen LogP contribution >= 0.6 is 8.60 Å². The highest BCUT2D eigenvalue weighted by molar-refractivity contribution is 7.39. The summed E-state index contributed by atoms with van der Waals surface area (Å²) in [6.45, 7) is 0.972. The number of aliphatic carboxylic acids is 1. The number of hydrogen-bond acceptors (Lipinski definition) is 9. The lowest BCUT2D eigenvalue weighted by Crippen LogP contribution is -2.57. The molecule has 262 valence electrons. The molecular formula is C34H36N5O10P. The zero-order chi connectivity index (χ0) is 36.2. The van der Waals surface area contributed by atoms with Gasteiger partial charge in [-0.2, -0.15) is 0 Å². The molecule has 4 rings (SSSR count). The largest absolute Gasteiger partial charge is 0.480 e. The number of benzene rings is 3. The van der Waals surface area contributed by atoms with Gasteiger partial charge in [0.15, 0.2) is 0 Å². The van der Waals surface area contributed by atoms with Gasteiger partial charge >= 0.3 is 20.3 Å². The summed E-state index contributed by atoms with van der Waals surface area (Å²) < 4.78 is 5.83. The van der Waals surface area contributed by atoms with E-state index in [2.05, 4.69) is 20.9 Å². The van der Waals surface area contributed by atoms with Gasteiger partial charge in [0.2, 0.25) is 17.7 Å². The number of amides is 3. The fraction of sp³-hybridized carbons (Fsp3) is 0.235. The monoisotopic (exact) mass is 705 g/mol. The van der Waals surface area contributed by atoms with Crippen LogP contribution in [0.15, 0.2) is 101 Å². The first-order chi connectivity index (χ1) is 23.9. The standard InChI is InChI=1S/C34H36N5O10P/c1-21-19-39(34(46)38-30(21)41)20-29(40)35-26(16-22-8-4-2-5-9-22)31(42)36-27(17-23-10-6-3-7-11-23)32(43)37-28(33(44)45)18-24-12-14-25(15-13-24)49-50(47)48/h2-15,19,26-28,47-48H,16-18,20H2,1H3,(H,35,40)(H,36,42)(H,37,43)(H,44,45)(H,38,41,46). The molecule has 0 saturated heterocycles. The first-order valence-electron chi connectivity index (χ1n) is 15.3. The Morgan fingerprint density at radius 2 is 1.22 bits per heavy atom. The molecule has 7 N–H and O–H groups in total. The molecule has 4 aromatic rings. The van der Waals surface area contributed by atoms with Crippen molar-refractivity contribution in [3.8, 4) is 5.75 Å². The smallest absolute Gasteiger partial charge is 0.391 e. The van der Waals surface area contributed by atoms with Crippen LogP contribution in [0.5, 0.6) is 5.75 Å². The number of carbonyl (C=O) groups is 4. The molecule has 1 heterocycles. The van der Waals surface area contributed by atoms with E-state index in [1.54, 1.807) is 60.7 Å². The van der Waals surface area contributed by atoms with Crippen LogP contribution in [-0.4, -0.2) is 66.3 Å². The maximum Gasteiger partial charge on any atom is 0.391 e. The Morgan fingerprint density at radius 1 is 0.740 bits per heavy atom. The van der Waals surface area contributed by atoms with E-state index < -0.39 is 68.2 Å². The van der Waals surface area contributed by atoms with Crippen LogP contribution in [0.4, 0.5) is 0 Å². The first kappa shape index (κ1) is 37.2. The number of aromatic amines is 1. The molecule has 3 aromatic carbocycles. The Hall–Kier alpha value is -5.63.